The maximum absolute atomic E-state index is 12.6. The van der Waals surface area contributed by atoms with Crippen LogP contribution < -0.4 is 0 Å². The average molecular weight is 207 g/mol. The molecule has 0 amide bonds. The Balaban J connectivity index is 3.20. The van der Waals surface area contributed by atoms with E-state index < -0.39 is 17.6 Å². The number of benzene rings is 1. The second-order valence-corrected chi connectivity index (χ2v) is 2.52. The molecule has 0 heterocycles. The van der Waals surface area contributed by atoms with Crippen LogP contribution >= 0.6 is 0 Å². The lowest BCUT2D eigenvalue weighted by Crippen LogP contribution is -2.06. The standard InChI is InChI=1S/C8H5F4NO/c9-7-2-5(4-13-14)1-6(3-7)8(10,11)12/h1-4,14H. The fraction of sp³-hybridized carbons (Fsp3) is 0.125. The van der Waals surface area contributed by atoms with Gasteiger partial charge < -0.3 is 5.21 Å². The van der Waals surface area contributed by atoms with E-state index in [1.165, 1.54) is 0 Å². The molecule has 0 atom stereocenters. The Hall–Kier alpha value is -1.59. The Morgan fingerprint density at radius 2 is 1.86 bits per heavy atom. The lowest BCUT2D eigenvalue weighted by Gasteiger charge is -2.06. The summed E-state index contributed by atoms with van der Waals surface area (Å²) in [5, 5.41) is 10.6. The Morgan fingerprint density at radius 1 is 1.21 bits per heavy atom. The summed E-state index contributed by atoms with van der Waals surface area (Å²) in [6.45, 7) is 0. The number of hydrogen-bond donors (Lipinski definition) is 1. The van der Waals surface area contributed by atoms with E-state index in [1.807, 2.05) is 0 Å². The van der Waals surface area contributed by atoms with Gasteiger partial charge in [0.25, 0.3) is 0 Å². The number of rotatable bonds is 1. The van der Waals surface area contributed by atoms with Gasteiger partial charge in [0.05, 0.1) is 11.8 Å². The molecule has 0 aliphatic heterocycles. The molecule has 0 bridgehead atoms. The molecule has 2 nitrogen and oxygen atoms in total. The zero-order valence-corrected chi connectivity index (χ0v) is 6.72. The fourth-order valence-electron chi connectivity index (χ4n) is 0.917. The van der Waals surface area contributed by atoms with Crippen LogP contribution in [0.15, 0.2) is 23.4 Å². The van der Waals surface area contributed by atoms with Crippen molar-refractivity contribution < 1.29 is 22.8 Å². The monoisotopic (exact) mass is 207 g/mol. The van der Waals surface area contributed by atoms with Crippen LogP contribution in [0, 0.1) is 5.82 Å². The molecule has 0 aliphatic carbocycles. The maximum Gasteiger partial charge on any atom is 0.416 e. The van der Waals surface area contributed by atoms with Gasteiger partial charge in [-0.1, -0.05) is 5.16 Å². The first-order chi connectivity index (χ1) is 6.43. The summed E-state index contributed by atoms with van der Waals surface area (Å²) in [6, 6.07) is 1.88. The van der Waals surface area contributed by atoms with Gasteiger partial charge in [0.2, 0.25) is 0 Å². The summed E-state index contributed by atoms with van der Waals surface area (Å²) in [6.07, 6.45) is -3.89. The van der Waals surface area contributed by atoms with Crippen LogP contribution in [-0.4, -0.2) is 11.4 Å². The van der Waals surface area contributed by atoms with Gasteiger partial charge in [0, 0.05) is 0 Å². The van der Waals surface area contributed by atoms with Crippen molar-refractivity contribution in [1.29, 1.82) is 0 Å². The molecule has 0 saturated carbocycles. The number of halogens is 4. The van der Waals surface area contributed by atoms with Crippen LogP contribution in [0.2, 0.25) is 0 Å². The predicted octanol–water partition coefficient (Wildman–Crippen LogP) is 2.65. The molecule has 0 unspecified atom stereocenters. The van der Waals surface area contributed by atoms with Crippen LogP contribution in [-0.2, 0) is 6.18 Å². The molecule has 6 heteroatoms. The minimum absolute atomic E-state index is 0.153. The molecule has 0 saturated heterocycles. The third-order valence-electron chi connectivity index (χ3n) is 1.45. The first kappa shape index (κ1) is 10.5. The van der Waals surface area contributed by atoms with Gasteiger partial charge in [-0.05, 0) is 23.8 Å². The molecule has 0 aliphatic rings. The third-order valence-corrected chi connectivity index (χ3v) is 1.45. The molecule has 0 radical (unpaired) electrons. The summed E-state index contributed by atoms with van der Waals surface area (Å²) < 4.78 is 49.0. The quantitative estimate of drug-likeness (QED) is 0.326. The predicted molar refractivity (Wildman–Crippen MR) is 40.8 cm³/mol. The van der Waals surface area contributed by atoms with Crippen LogP contribution in [0.5, 0.6) is 0 Å². The third kappa shape index (κ3) is 2.45. The van der Waals surface area contributed by atoms with E-state index in [1.54, 1.807) is 0 Å². The lowest BCUT2D eigenvalue weighted by molar-refractivity contribution is -0.137. The van der Waals surface area contributed by atoms with E-state index in [0.29, 0.717) is 12.1 Å². The Kier molecular flexibility index (Phi) is 2.73. The van der Waals surface area contributed by atoms with E-state index >= 15 is 0 Å². The van der Waals surface area contributed by atoms with Gasteiger partial charge in [-0.25, -0.2) is 4.39 Å². The van der Waals surface area contributed by atoms with Crippen molar-refractivity contribution in [1.82, 2.24) is 0 Å². The largest absolute Gasteiger partial charge is 0.416 e. The second kappa shape index (κ2) is 3.65. The molecule has 14 heavy (non-hydrogen) atoms. The van der Waals surface area contributed by atoms with Gasteiger partial charge in [-0.15, -0.1) is 0 Å². The van der Waals surface area contributed by atoms with Crippen molar-refractivity contribution in [3.8, 4) is 0 Å². The van der Waals surface area contributed by atoms with Crippen molar-refractivity contribution in [3.63, 3.8) is 0 Å². The van der Waals surface area contributed by atoms with Gasteiger partial charge >= 0.3 is 6.18 Å². The van der Waals surface area contributed by atoms with Gasteiger partial charge in [0.15, 0.2) is 0 Å². The first-order valence-corrected chi connectivity index (χ1v) is 3.48. The van der Waals surface area contributed by atoms with E-state index in [0.717, 1.165) is 12.3 Å². The molecule has 1 rings (SSSR count). The van der Waals surface area contributed by atoms with Crippen molar-refractivity contribution in [2.24, 2.45) is 5.16 Å². The minimum atomic E-state index is -4.61. The molecule has 0 spiro atoms. The molecule has 1 aromatic carbocycles. The molecule has 0 aromatic heterocycles. The zero-order valence-electron chi connectivity index (χ0n) is 6.72. The highest BCUT2D eigenvalue weighted by Crippen LogP contribution is 2.30. The maximum atomic E-state index is 12.6. The summed E-state index contributed by atoms with van der Waals surface area (Å²) in [4.78, 5) is 0. The number of oxime groups is 1. The highest BCUT2D eigenvalue weighted by Gasteiger charge is 2.31. The minimum Gasteiger partial charge on any atom is -0.411 e. The van der Waals surface area contributed by atoms with Gasteiger partial charge in [-0.2, -0.15) is 13.2 Å². The lowest BCUT2D eigenvalue weighted by atomic mass is 10.1. The Labute approximate surface area is 76.5 Å². The van der Waals surface area contributed by atoms with E-state index in [-0.39, 0.29) is 5.56 Å². The van der Waals surface area contributed by atoms with Gasteiger partial charge in [0.1, 0.15) is 5.82 Å². The summed E-state index contributed by atoms with van der Waals surface area (Å²) in [7, 11) is 0. The first-order valence-electron chi connectivity index (χ1n) is 3.48. The highest BCUT2D eigenvalue weighted by molar-refractivity contribution is 5.79. The topological polar surface area (TPSA) is 32.6 Å². The number of hydrogen-bond acceptors (Lipinski definition) is 2. The second-order valence-electron chi connectivity index (χ2n) is 2.52. The SMILES string of the molecule is ON=Cc1cc(F)cc(C(F)(F)F)c1. The zero-order chi connectivity index (χ0) is 10.8. The van der Waals surface area contributed by atoms with E-state index in [9.17, 15) is 17.6 Å². The van der Waals surface area contributed by atoms with Crippen LogP contribution in [0.1, 0.15) is 11.1 Å². The molecule has 1 aromatic rings. The Morgan fingerprint density at radius 3 is 2.36 bits per heavy atom. The van der Waals surface area contributed by atoms with Crippen LogP contribution in [0.3, 0.4) is 0 Å². The van der Waals surface area contributed by atoms with Crippen molar-refractivity contribution >= 4 is 6.21 Å². The van der Waals surface area contributed by atoms with Gasteiger partial charge in [-0.3, -0.25) is 0 Å². The fourth-order valence-corrected chi connectivity index (χ4v) is 0.917. The van der Waals surface area contributed by atoms with E-state index in [2.05, 4.69) is 5.16 Å². The van der Waals surface area contributed by atoms with E-state index in [4.69, 9.17) is 5.21 Å². The van der Waals surface area contributed by atoms with Crippen LogP contribution in [0.4, 0.5) is 17.6 Å². The number of alkyl halides is 3. The summed E-state index contributed by atoms with van der Waals surface area (Å²) in [5.74, 6) is -1.03. The Bertz CT molecular complexity index is 359. The normalized spacial score (nSPS) is 12.3. The molecule has 1 N–H and O–H groups in total. The average Bonchev–Trinajstić information content (AvgIpc) is 2.02. The summed E-state index contributed by atoms with van der Waals surface area (Å²) >= 11 is 0. The van der Waals surface area contributed by atoms with Crippen molar-refractivity contribution in [2.45, 2.75) is 6.18 Å². The van der Waals surface area contributed by atoms with Crippen LogP contribution in [0.25, 0.3) is 0 Å². The van der Waals surface area contributed by atoms with Crippen molar-refractivity contribution in [2.75, 3.05) is 0 Å². The smallest absolute Gasteiger partial charge is 0.411 e. The number of nitrogens with zero attached hydrogens (tertiary/aromatic N) is 1. The van der Waals surface area contributed by atoms with Crippen molar-refractivity contribution in [3.05, 3.63) is 35.1 Å². The molecular formula is C8H5F4NO. The molecule has 76 valence electrons. The molecule has 0 fully saturated rings. The summed E-state index contributed by atoms with van der Waals surface area (Å²) in [5.41, 5.74) is -1.27. The highest BCUT2D eigenvalue weighted by atomic mass is 19.4. The molecular weight excluding hydrogens is 202 g/mol.